The first kappa shape index (κ1) is 34.5. The largest absolute Gasteiger partial charge is 0.228 e. The molecule has 10 aromatic rings. The third kappa shape index (κ3) is 7.02. The molecule has 0 aliphatic heterocycles. The van der Waals surface area contributed by atoms with E-state index < -0.39 is 0 Å². The Morgan fingerprint density at radius 3 is 0.983 bits per heavy atom. The molecule has 3 aromatic heterocycles. The van der Waals surface area contributed by atoms with Crippen LogP contribution in [0.15, 0.2) is 206 Å². The summed E-state index contributed by atoms with van der Waals surface area (Å²) in [6.45, 7) is 0. The van der Waals surface area contributed by atoms with Gasteiger partial charge in [0.2, 0.25) is 0 Å². The van der Waals surface area contributed by atoms with Crippen molar-refractivity contribution >= 4 is 10.9 Å². The second-order valence-corrected chi connectivity index (χ2v) is 14.0. The molecular formula is C52H34N6. The third-order valence-corrected chi connectivity index (χ3v) is 10.2. The Morgan fingerprint density at radius 2 is 0.534 bits per heavy atom. The lowest BCUT2D eigenvalue weighted by Gasteiger charge is -2.12. The van der Waals surface area contributed by atoms with E-state index in [1.165, 1.54) is 0 Å². The van der Waals surface area contributed by atoms with Crippen LogP contribution in [0.3, 0.4) is 0 Å². The van der Waals surface area contributed by atoms with Crippen LogP contribution in [0.4, 0.5) is 0 Å². The minimum absolute atomic E-state index is 0.651. The molecule has 6 nitrogen and oxygen atoms in total. The van der Waals surface area contributed by atoms with Gasteiger partial charge in [-0.1, -0.05) is 188 Å². The Balaban J connectivity index is 1.01. The highest BCUT2D eigenvalue weighted by molar-refractivity contribution is 5.94. The second-order valence-electron chi connectivity index (χ2n) is 14.0. The van der Waals surface area contributed by atoms with Crippen molar-refractivity contribution in [2.45, 2.75) is 0 Å². The van der Waals surface area contributed by atoms with E-state index in [0.717, 1.165) is 83.9 Å². The summed E-state index contributed by atoms with van der Waals surface area (Å²) in [4.78, 5) is 30.2. The van der Waals surface area contributed by atoms with Crippen LogP contribution in [0, 0.1) is 0 Å². The van der Waals surface area contributed by atoms with E-state index >= 15 is 0 Å². The number of fused-ring (bicyclic) bond motifs is 1. The molecule has 0 atom stereocenters. The Labute approximate surface area is 336 Å². The maximum Gasteiger partial charge on any atom is 0.160 e. The smallest absolute Gasteiger partial charge is 0.160 e. The van der Waals surface area contributed by atoms with E-state index in [-0.39, 0.29) is 0 Å². The molecule has 0 aliphatic rings. The number of benzene rings is 7. The van der Waals surface area contributed by atoms with Crippen molar-refractivity contribution in [3.05, 3.63) is 206 Å². The topological polar surface area (TPSA) is 77.3 Å². The van der Waals surface area contributed by atoms with Gasteiger partial charge in [0, 0.05) is 49.9 Å². The SMILES string of the molecule is c1ccc(-c2cc(-c3ccc(-c4nc(-c5ccc(-c6cc(-c7ccccc7)nc(-c7ccccc7)n6)cc5)c5ccccc5n4)cc3)nc(-c3ccccc3)n2)cc1. The molecule has 3 heterocycles. The molecule has 6 heteroatoms. The maximum atomic E-state index is 5.20. The molecule has 7 aromatic carbocycles. The molecule has 0 amide bonds. The molecule has 0 radical (unpaired) electrons. The van der Waals surface area contributed by atoms with Crippen molar-refractivity contribution in [2.24, 2.45) is 0 Å². The van der Waals surface area contributed by atoms with Gasteiger partial charge in [0.25, 0.3) is 0 Å². The van der Waals surface area contributed by atoms with Gasteiger partial charge in [-0.25, -0.2) is 29.9 Å². The highest BCUT2D eigenvalue weighted by atomic mass is 14.9. The fourth-order valence-corrected chi connectivity index (χ4v) is 7.15. The molecule has 0 N–H and O–H groups in total. The molecule has 0 saturated heterocycles. The first-order valence-corrected chi connectivity index (χ1v) is 19.2. The number of aromatic nitrogens is 6. The van der Waals surface area contributed by atoms with Crippen LogP contribution >= 0.6 is 0 Å². The van der Waals surface area contributed by atoms with Crippen LogP contribution in [-0.2, 0) is 0 Å². The lowest BCUT2D eigenvalue weighted by atomic mass is 10.0. The van der Waals surface area contributed by atoms with Gasteiger partial charge in [0.15, 0.2) is 17.5 Å². The molecule has 0 spiro atoms. The number of para-hydroxylation sites is 1. The van der Waals surface area contributed by atoms with Crippen molar-refractivity contribution in [2.75, 3.05) is 0 Å². The van der Waals surface area contributed by atoms with Crippen molar-refractivity contribution in [3.8, 4) is 90.5 Å². The van der Waals surface area contributed by atoms with Gasteiger partial charge < -0.3 is 0 Å². The molecular weight excluding hydrogens is 709 g/mol. The lowest BCUT2D eigenvalue weighted by Crippen LogP contribution is -1.97. The fourth-order valence-electron chi connectivity index (χ4n) is 7.15. The van der Waals surface area contributed by atoms with Crippen molar-refractivity contribution in [1.82, 2.24) is 29.9 Å². The fraction of sp³-hybridized carbons (Fsp3) is 0. The Bertz CT molecular complexity index is 2890. The van der Waals surface area contributed by atoms with E-state index in [1.54, 1.807) is 0 Å². The van der Waals surface area contributed by atoms with Crippen LogP contribution in [0.25, 0.3) is 101 Å². The van der Waals surface area contributed by atoms with E-state index in [1.807, 2.05) is 115 Å². The Hall–Kier alpha value is -7.96. The van der Waals surface area contributed by atoms with E-state index in [9.17, 15) is 0 Å². The first-order valence-electron chi connectivity index (χ1n) is 19.2. The van der Waals surface area contributed by atoms with Gasteiger partial charge >= 0.3 is 0 Å². The van der Waals surface area contributed by atoms with Gasteiger partial charge in [-0.05, 0) is 18.2 Å². The predicted molar refractivity (Wildman–Crippen MR) is 234 cm³/mol. The van der Waals surface area contributed by atoms with E-state index in [4.69, 9.17) is 29.9 Å². The molecule has 10 rings (SSSR count). The van der Waals surface area contributed by atoms with Crippen molar-refractivity contribution < 1.29 is 0 Å². The van der Waals surface area contributed by atoms with Gasteiger partial charge in [0.1, 0.15) is 0 Å². The maximum absolute atomic E-state index is 5.20. The normalized spacial score (nSPS) is 11.1. The second kappa shape index (κ2) is 15.3. The Kier molecular flexibility index (Phi) is 9.10. The van der Waals surface area contributed by atoms with Crippen molar-refractivity contribution in [1.29, 1.82) is 0 Å². The standard InChI is InChI=1S/C52H34N6/c1-5-15-35(16-6-1)45-33-47(56-50(54-45)40-19-9-3-10-20-40)37-25-29-39(30-26-37)49-43-23-13-14-24-44(43)53-52(58-49)42-31-27-38(28-32-42)48-34-46(36-17-7-2-8-18-36)55-51(57-48)41-21-11-4-12-22-41/h1-34H. The van der Waals surface area contributed by atoms with Crippen LogP contribution in [0.5, 0.6) is 0 Å². The van der Waals surface area contributed by atoms with E-state index in [2.05, 4.69) is 91.0 Å². The molecule has 58 heavy (non-hydrogen) atoms. The number of rotatable bonds is 8. The molecule has 0 saturated carbocycles. The minimum atomic E-state index is 0.651. The van der Waals surface area contributed by atoms with Gasteiger partial charge in [0.05, 0.1) is 34.0 Å². The average molecular weight is 743 g/mol. The summed E-state index contributed by atoms with van der Waals surface area (Å²) in [5.41, 5.74) is 13.1. The van der Waals surface area contributed by atoms with Gasteiger partial charge in [-0.15, -0.1) is 0 Å². The molecule has 0 aliphatic carbocycles. The van der Waals surface area contributed by atoms with Crippen molar-refractivity contribution in [3.63, 3.8) is 0 Å². The summed E-state index contributed by atoms with van der Waals surface area (Å²) >= 11 is 0. The number of nitrogens with zero attached hydrogens (tertiary/aromatic N) is 6. The summed E-state index contributed by atoms with van der Waals surface area (Å²) in [6.07, 6.45) is 0. The number of hydrogen-bond donors (Lipinski definition) is 0. The van der Waals surface area contributed by atoms with Crippen LogP contribution in [0.2, 0.25) is 0 Å². The molecule has 0 unspecified atom stereocenters. The lowest BCUT2D eigenvalue weighted by molar-refractivity contribution is 1.18. The molecule has 0 bridgehead atoms. The summed E-state index contributed by atoms with van der Waals surface area (Å²) in [7, 11) is 0. The average Bonchev–Trinajstić information content (AvgIpc) is 3.32. The van der Waals surface area contributed by atoms with Crippen LogP contribution in [0.1, 0.15) is 0 Å². The van der Waals surface area contributed by atoms with E-state index in [0.29, 0.717) is 17.5 Å². The first-order chi connectivity index (χ1) is 28.7. The zero-order chi connectivity index (χ0) is 38.7. The zero-order valence-corrected chi connectivity index (χ0v) is 31.3. The summed E-state index contributed by atoms with van der Waals surface area (Å²) in [5.74, 6) is 2.02. The summed E-state index contributed by atoms with van der Waals surface area (Å²) in [5, 5.41) is 0.984. The number of hydrogen-bond acceptors (Lipinski definition) is 6. The van der Waals surface area contributed by atoms with Crippen LogP contribution in [-0.4, -0.2) is 29.9 Å². The minimum Gasteiger partial charge on any atom is -0.228 e. The molecule has 0 fully saturated rings. The molecule has 272 valence electrons. The van der Waals surface area contributed by atoms with Crippen LogP contribution < -0.4 is 0 Å². The Morgan fingerprint density at radius 1 is 0.224 bits per heavy atom. The zero-order valence-electron chi connectivity index (χ0n) is 31.3. The summed E-state index contributed by atoms with van der Waals surface area (Å²) in [6, 6.07) is 69.7. The van der Waals surface area contributed by atoms with Gasteiger partial charge in [-0.2, -0.15) is 0 Å². The summed E-state index contributed by atoms with van der Waals surface area (Å²) < 4.78 is 0. The monoisotopic (exact) mass is 742 g/mol. The highest BCUT2D eigenvalue weighted by Crippen LogP contribution is 2.34. The van der Waals surface area contributed by atoms with Gasteiger partial charge in [-0.3, -0.25) is 0 Å². The predicted octanol–water partition coefficient (Wildman–Crippen LogP) is 12.5. The third-order valence-electron chi connectivity index (χ3n) is 10.2. The highest BCUT2D eigenvalue weighted by Gasteiger charge is 2.15. The quantitative estimate of drug-likeness (QED) is 0.154.